The number of rotatable bonds is 7. The van der Waals surface area contributed by atoms with Crippen LogP contribution in [-0.2, 0) is 23.1 Å². The second-order valence-corrected chi connectivity index (χ2v) is 9.05. The summed E-state index contributed by atoms with van der Waals surface area (Å²) in [4.78, 5) is 13.2. The zero-order chi connectivity index (χ0) is 22.7. The summed E-state index contributed by atoms with van der Waals surface area (Å²) in [5, 5.41) is 0. The summed E-state index contributed by atoms with van der Waals surface area (Å²) < 4.78 is 43.9. The van der Waals surface area contributed by atoms with E-state index in [-0.39, 0.29) is 22.8 Å². The second kappa shape index (κ2) is 8.92. The highest BCUT2D eigenvalue weighted by atomic mass is 32.2. The first-order valence-corrected chi connectivity index (χ1v) is 11.5. The van der Waals surface area contributed by atoms with E-state index in [9.17, 15) is 13.2 Å². The lowest BCUT2D eigenvalue weighted by atomic mass is 9.99. The summed E-state index contributed by atoms with van der Waals surface area (Å²) >= 11 is 0. The van der Waals surface area contributed by atoms with Gasteiger partial charge in [-0.1, -0.05) is 42.5 Å². The highest BCUT2D eigenvalue weighted by Gasteiger charge is 2.36. The van der Waals surface area contributed by atoms with E-state index < -0.39 is 15.9 Å². The largest absolute Gasteiger partial charge is 0.495 e. The molecule has 3 aromatic rings. The summed E-state index contributed by atoms with van der Waals surface area (Å²) in [5.41, 5.74) is 1.99. The molecule has 1 aliphatic heterocycles. The maximum absolute atomic E-state index is 13.2. The normalized spacial score (nSPS) is 13.4. The standard InChI is InChI=1S/C24H23NO6S/c1-29-20-10-6-7-11-23(20)32(27,28)25-13-12-18-14-22(21(30-2)15-19(18)24(25)26)31-16-17-8-4-3-5-9-17/h3-11,14-15H,12-13,16H2,1-2H3. The van der Waals surface area contributed by atoms with Crippen molar-refractivity contribution in [2.75, 3.05) is 20.8 Å². The number of carbonyl (C=O) groups is 1. The Hall–Kier alpha value is -3.52. The molecular weight excluding hydrogens is 430 g/mol. The van der Waals surface area contributed by atoms with Crippen LogP contribution in [0.2, 0.25) is 0 Å². The lowest BCUT2D eigenvalue weighted by molar-refractivity contribution is 0.0849. The third-order valence-corrected chi connectivity index (χ3v) is 7.13. The maximum atomic E-state index is 13.2. The average molecular weight is 454 g/mol. The molecule has 0 bridgehead atoms. The predicted octanol–water partition coefficient (Wildman–Crippen LogP) is 3.67. The molecule has 0 saturated carbocycles. The van der Waals surface area contributed by atoms with E-state index in [4.69, 9.17) is 14.2 Å². The molecule has 0 atom stereocenters. The Balaban J connectivity index is 1.64. The highest BCUT2D eigenvalue weighted by Crippen LogP contribution is 2.36. The molecule has 32 heavy (non-hydrogen) atoms. The van der Waals surface area contributed by atoms with E-state index >= 15 is 0 Å². The molecule has 1 amide bonds. The SMILES string of the molecule is COc1cc2c(cc1OCc1ccccc1)CCN(S(=O)(=O)c1ccccc1OC)C2=O. The number of benzene rings is 3. The van der Waals surface area contributed by atoms with Gasteiger partial charge in [0.1, 0.15) is 17.3 Å². The Morgan fingerprint density at radius 3 is 2.28 bits per heavy atom. The number of sulfonamides is 1. The Bertz CT molecular complexity index is 1240. The number of para-hydroxylation sites is 1. The van der Waals surface area contributed by atoms with E-state index in [2.05, 4.69) is 0 Å². The molecule has 0 aromatic heterocycles. The van der Waals surface area contributed by atoms with Crippen LogP contribution < -0.4 is 14.2 Å². The van der Waals surface area contributed by atoms with Gasteiger partial charge >= 0.3 is 0 Å². The number of hydrogen-bond acceptors (Lipinski definition) is 6. The van der Waals surface area contributed by atoms with Crippen LogP contribution in [0.4, 0.5) is 0 Å². The lowest BCUT2D eigenvalue weighted by Gasteiger charge is -2.29. The Morgan fingerprint density at radius 1 is 0.875 bits per heavy atom. The molecular formula is C24H23NO6S. The van der Waals surface area contributed by atoms with Crippen molar-refractivity contribution in [3.05, 3.63) is 83.4 Å². The number of nitrogens with zero attached hydrogens (tertiary/aromatic N) is 1. The fourth-order valence-corrected chi connectivity index (χ4v) is 5.20. The first-order valence-electron chi connectivity index (χ1n) is 10.0. The van der Waals surface area contributed by atoms with Crippen LogP contribution in [-0.4, -0.2) is 39.4 Å². The second-order valence-electron chi connectivity index (χ2n) is 7.22. The molecule has 8 heteroatoms. The smallest absolute Gasteiger partial charge is 0.270 e. The van der Waals surface area contributed by atoms with Crippen LogP contribution in [0.1, 0.15) is 21.5 Å². The molecule has 7 nitrogen and oxygen atoms in total. The summed E-state index contributed by atoms with van der Waals surface area (Å²) in [6.45, 7) is 0.370. The Kier molecular flexibility index (Phi) is 6.05. The topological polar surface area (TPSA) is 82.1 Å². The van der Waals surface area contributed by atoms with Crippen molar-refractivity contribution in [3.63, 3.8) is 0 Å². The minimum atomic E-state index is -4.09. The van der Waals surface area contributed by atoms with Gasteiger partial charge in [0.2, 0.25) is 0 Å². The zero-order valence-corrected chi connectivity index (χ0v) is 18.6. The van der Waals surface area contributed by atoms with Crippen LogP contribution >= 0.6 is 0 Å². The van der Waals surface area contributed by atoms with Crippen molar-refractivity contribution in [2.24, 2.45) is 0 Å². The molecule has 0 N–H and O–H groups in total. The van der Waals surface area contributed by atoms with Gasteiger partial charge in [-0.25, -0.2) is 12.7 Å². The van der Waals surface area contributed by atoms with Gasteiger partial charge in [0, 0.05) is 12.1 Å². The van der Waals surface area contributed by atoms with Gasteiger partial charge in [-0.2, -0.15) is 0 Å². The lowest BCUT2D eigenvalue weighted by Crippen LogP contribution is -2.42. The third-order valence-electron chi connectivity index (χ3n) is 5.30. The quantitative estimate of drug-likeness (QED) is 0.543. The first-order chi connectivity index (χ1) is 15.5. The molecule has 0 unspecified atom stereocenters. The molecule has 166 valence electrons. The summed E-state index contributed by atoms with van der Waals surface area (Å²) in [6, 6.07) is 19.2. The fourth-order valence-electron chi connectivity index (χ4n) is 3.65. The minimum absolute atomic E-state index is 0.0245. The number of fused-ring (bicyclic) bond motifs is 1. The van der Waals surface area contributed by atoms with Gasteiger partial charge in [0.15, 0.2) is 11.5 Å². The van der Waals surface area contributed by atoms with Gasteiger partial charge in [-0.05, 0) is 41.8 Å². The summed E-state index contributed by atoms with van der Waals surface area (Å²) in [6.07, 6.45) is 0.362. The maximum Gasteiger partial charge on any atom is 0.270 e. The number of methoxy groups -OCH3 is 2. The molecule has 1 aliphatic rings. The van der Waals surface area contributed by atoms with Crippen molar-refractivity contribution in [2.45, 2.75) is 17.9 Å². The van der Waals surface area contributed by atoms with Gasteiger partial charge < -0.3 is 14.2 Å². The molecule has 0 spiro atoms. The average Bonchev–Trinajstić information content (AvgIpc) is 2.83. The Morgan fingerprint density at radius 2 is 1.56 bits per heavy atom. The monoisotopic (exact) mass is 453 g/mol. The van der Waals surface area contributed by atoms with Crippen molar-refractivity contribution >= 4 is 15.9 Å². The molecule has 4 rings (SSSR count). The number of carbonyl (C=O) groups excluding carboxylic acids is 1. The van der Waals surface area contributed by atoms with Crippen LogP contribution in [0.15, 0.2) is 71.6 Å². The van der Waals surface area contributed by atoms with Crippen molar-refractivity contribution in [1.82, 2.24) is 4.31 Å². The van der Waals surface area contributed by atoms with Crippen LogP contribution in [0.25, 0.3) is 0 Å². The molecule has 0 aliphatic carbocycles. The molecule has 3 aromatic carbocycles. The van der Waals surface area contributed by atoms with E-state index in [1.54, 1.807) is 30.3 Å². The van der Waals surface area contributed by atoms with Gasteiger partial charge in [-0.15, -0.1) is 0 Å². The van der Waals surface area contributed by atoms with Gasteiger partial charge in [-0.3, -0.25) is 4.79 Å². The highest BCUT2D eigenvalue weighted by molar-refractivity contribution is 7.89. The van der Waals surface area contributed by atoms with Crippen molar-refractivity contribution in [3.8, 4) is 17.2 Å². The number of amides is 1. The zero-order valence-electron chi connectivity index (χ0n) is 17.8. The molecule has 0 saturated heterocycles. The van der Waals surface area contributed by atoms with Crippen LogP contribution in [0, 0.1) is 0 Å². The minimum Gasteiger partial charge on any atom is -0.495 e. The van der Waals surface area contributed by atoms with Gasteiger partial charge in [0.05, 0.1) is 14.2 Å². The summed E-state index contributed by atoms with van der Waals surface area (Å²) in [5.74, 6) is 0.451. The van der Waals surface area contributed by atoms with Crippen molar-refractivity contribution < 1.29 is 27.4 Å². The fraction of sp³-hybridized carbons (Fsp3) is 0.208. The van der Waals surface area contributed by atoms with Crippen LogP contribution in [0.5, 0.6) is 17.2 Å². The van der Waals surface area contributed by atoms with Gasteiger partial charge in [0.25, 0.3) is 15.9 Å². The van der Waals surface area contributed by atoms with E-state index in [0.717, 1.165) is 9.87 Å². The van der Waals surface area contributed by atoms with Crippen LogP contribution in [0.3, 0.4) is 0 Å². The molecule has 0 fully saturated rings. The van der Waals surface area contributed by atoms with E-state index in [1.165, 1.54) is 20.3 Å². The molecule has 1 heterocycles. The first kappa shape index (κ1) is 21.7. The summed E-state index contributed by atoms with van der Waals surface area (Å²) in [7, 11) is -1.21. The van der Waals surface area contributed by atoms with E-state index in [0.29, 0.717) is 30.1 Å². The predicted molar refractivity (Wildman–Crippen MR) is 119 cm³/mol. The van der Waals surface area contributed by atoms with E-state index in [1.807, 2.05) is 30.3 Å². The molecule has 0 radical (unpaired) electrons. The number of hydrogen-bond donors (Lipinski definition) is 0. The van der Waals surface area contributed by atoms with Crippen molar-refractivity contribution in [1.29, 1.82) is 0 Å². The third kappa shape index (κ3) is 4.01. The number of ether oxygens (including phenoxy) is 3. The Labute approximate surface area is 187 Å².